The molecule has 2 N–H and O–H groups in total. The number of nitrogens with zero attached hydrogens (tertiary/aromatic N) is 2. The highest BCUT2D eigenvalue weighted by molar-refractivity contribution is 7.13. The zero-order valence-corrected chi connectivity index (χ0v) is 17.9. The summed E-state index contributed by atoms with van der Waals surface area (Å²) < 4.78 is 5.17. The fourth-order valence-corrected chi connectivity index (χ4v) is 3.64. The minimum atomic E-state index is -0.336. The van der Waals surface area contributed by atoms with E-state index < -0.39 is 0 Å². The summed E-state index contributed by atoms with van der Waals surface area (Å²) in [5.74, 6) is 0.381. The van der Waals surface area contributed by atoms with E-state index in [0.717, 1.165) is 11.3 Å². The van der Waals surface area contributed by atoms with Crippen LogP contribution in [0.2, 0.25) is 5.02 Å². The molecule has 0 aliphatic heterocycles. The third kappa shape index (κ3) is 6.53. The van der Waals surface area contributed by atoms with E-state index in [0.29, 0.717) is 41.5 Å². The van der Waals surface area contributed by atoms with Gasteiger partial charge in [0.2, 0.25) is 10.9 Å². The molecule has 0 unspecified atom stereocenters. The van der Waals surface area contributed by atoms with Crippen molar-refractivity contribution in [2.45, 2.75) is 25.8 Å². The van der Waals surface area contributed by atoms with Gasteiger partial charge in [-0.15, -0.1) is 10.2 Å². The van der Waals surface area contributed by atoms with Crippen molar-refractivity contribution in [3.63, 3.8) is 0 Å². The monoisotopic (exact) mass is 444 g/mol. The van der Waals surface area contributed by atoms with Crippen molar-refractivity contribution in [3.05, 3.63) is 69.1 Å². The van der Waals surface area contributed by atoms with Gasteiger partial charge in [-0.05, 0) is 42.3 Å². The molecule has 3 rings (SSSR count). The summed E-state index contributed by atoms with van der Waals surface area (Å²) >= 11 is 7.13. The van der Waals surface area contributed by atoms with E-state index in [2.05, 4.69) is 20.8 Å². The standard InChI is InChI=1S/C21H21ClN4O3S/c1-29-17-8-2-5-14(11-17)13-23-18(27)9-4-10-19-25-26-21(30-19)20(28)24-16-7-3-6-15(22)12-16/h2-3,5-8,11-12H,4,9-10,13H2,1H3,(H,23,27)(H,24,28). The molecule has 0 radical (unpaired) electrons. The maximum atomic E-state index is 12.3. The van der Waals surface area contributed by atoms with Crippen LogP contribution in [-0.4, -0.2) is 29.1 Å². The molecule has 3 aromatic rings. The lowest BCUT2D eigenvalue weighted by Crippen LogP contribution is -2.22. The largest absolute Gasteiger partial charge is 0.497 e. The van der Waals surface area contributed by atoms with Gasteiger partial charge < -0.3 is 15.4 Å². The number of nitrogens with one attached hydrogen (secondary N) is 2. The molecule has 2 aromatic carbocycles. The second kappa shape index (κ2) is 10.7. The molecule has 9 heteroatoms. The van der Waals surface area contributed by atoms with Crippen LogP contribution in [0.4, 0.5) is 5.69 Å². The molecular formula is C21H21ClN4O3S. The minimum Gasteiger partial charge on any atom is -0.497 e. The summed E-state index contributed by atoms with van der Waals surface area (Å²) in [5.41, 5.74) is 1.57. The van der Waals surface area contributed by atoms with E-state index in [1.54, 1.807) is 31.4 Å². The van der Waals surface area contributed by atoms with Gasteiger partial charge >= 0.3 is 0 Å². The highest BCUT2D eigenvalue weighted by Crippen LogP contribution is 2.18. The molecule has 0 fully saturated rings. The van der Waals surface area contributed by atoms with Crippen molar-refractivity contribution >= 4 is 40.4 Å². The molecule has 0 atom stereocenters. The van der Waals surface area contributed by atoms with Gasteiger partial charge in [0.1, 0.15) is 10.8 Å². The Bertz CT molecular complexity index is 1020. The summed E-state index contributed by atoms with van der Waals surface area (Å²) in [6.07, 6.45) is 1.57. The number of carbonyl (C=O) groups excluding carboxylic acids is 2. The van der Waals surface area contributed by atoms with Crippen LogP contribution in [-0.2, 0) is 17.8 Å². The molecule has 0 aliphatic rings. The zero-order valence-electron chi connectivity index (χ0n) is 16.4. The lowest BCUT2D eigenvalue weighted by molar-refractivity contribution is -0.121. The lowest BCUT2D eigenvalue weighted by Gasteiger charge is -2.06. The number of amides is 2. The number of methoxy groups -OCH3 is 1. The Morgan fingerprint density at radius 1 is 1.13 bits per heavy atom. The van der Waals surface area contributed by atoms with Crippen molar-refractivity contribution in [1.82, 2.24) is 15.5 Å². The molecule has 0 spiro atoms. The first-order chi connectivity index (χ1) is 14.5. The van der Waals surface area contributed by atoms with Crippen LogP contribution in [0.1, 0.15) is 33.2 Å². The fourth-order valence-electron chi connectivity index (χ4n) is 2.67. The van der Waals surface area contributed by atoms with Crippen LogP contribution < -0.4 is 15.4 Å². The van der Waals surface area contributed by atoms with Crippen molar-refractivity contribution in [1.29, 1.82) is 0 Å². The summed E-state index contributed by atoms with van der Waals surface area (Å²) in [5, 5.41) is 15.1. The van der Waals surface area contributed by atoms with Gasteiger partial charge in [0.25, 0.3) is 5.91 Å². The maximum Gasteiger partial charge on any atom is 0.286 e. The third-order valence-corrected chi connectivity index (χ3v) is 5.38. The number of anilines is 1. The first-order valence-corrected chi connectivity index (χ1v) is 10.5. The Balaban J connectivity index is 1.41. The normalized spacial score (nSPS) is 10.5. The van der Waals surface area contributed by atoms with Gasteiger partial charge in [-0.25, -0.2) is 0 Å². The number of carbonyl (C=O) groups is 2. The highest BCUT2D eigenvalue weighted by Gasteiger charge is 2.13. The Kier molecular flexibility index (Phi) is 7.75. The maximum absolute atomic E-state index is 12.3. The molecule has 1 aromatic heterocycles. The number of ether oxygens (including phenoxy) is 1. The van der Waals surface area contributed by atoms with Gasteiger partial charge in [0.15, 0.2) is 0 Å². The number of aryl methyl sites for hydroxylation is 1. The average molecular weight is 445 g/mol. The zero-order chi connectivity index (χ0) is 21.3. The number of hydrogen-bond acceptors (Lipinski definition) is 6. The summed E-state index contributed by atoms with van der Waals surface area (Å²) in [6.45, 7) is 0.447. The highest BCUT2D eigenvalue weighted by atomic mass is 35.5. The molecule has 0 saturated heterocycles. The van der Waals surface area contributed by atoms with Crippen LogP contribution in [0.25, 0.3) is 0 Å². The first-order valence-electron chi connectivity index (χ1n) is 9.32. The number of rotatable bonds is 9. The van der Waals surface area contributed by atoms with E-state index in [4.69, 9.17) is 16.3 Å². The fraction of sp³-hybridized carbons (Fsp3) is 0.238. The lowest BCUT2D eigenvalue weighted by atomic mass is 10.2. The van der Waals surface area contributed by atoms with E-state index in [1.807, 2.05) is 24.3 Å². The van der Waals surface area contributed by atoms with Gasteiger partial charge in [-0.3, -0.25) is 9.59 Å². The van der Waals surface area contributed by atoms with Crippen LogP contribution in [0.15, 0.2) is 48.5 Å². The minimum absolute atomic E-state index is 0.0405. The summed E-state index contributed by atoms with van der Waals surface area (Å²) in [7, 11) is 1.61. The topological polar surface area (TPSA) is 93.2 Å². The van der Waals surface area contributed by atoms with Crippen LogP contribution in [0.3, 0.4) is 0 Å². The first kappa shape index (κ1) is 21.7. The van der Waals surface area contributed by atoms with Crippen molar-refractivity contribution in [2.75, 3.05) is 12.4 Å². The molecule has 0 bridgehead atoms. The molecule has 30 heavy (non-hydrogen) atoms. The van der Waals surface area contributed by atoms with E-state index in [1.165, 1.54) is 11.3 Å². The molecule has 7 nitrogen and oxygen atoms in total. The van der Waals surface area contributed by atoms with Gasteiger partial charge in [0.05, 0.1) is 7.11 Å². The predicted octanol–water partition coefficient (Wildman–Crippen LogP) is 4.09. The van der Waals surface area contributed by atoms with E-state index in [-0.39, 0.29) is 16.8 Å². The number of aromatic nitrogens is 2. The molecule has 0 saturated carbocycles. The number of hydrogen-bond donors (Lipinski definition) is 2. The van der Waals surface area contributed by atoms with E-state index >= 15 is 0 Å². The molecule has 0 aliphatic carbocycles. The van der Waals surface area contributed by atoms with Crippen molar-refractivity contribution in [3.8, 4) is 5.75 Å². The number of halogens is 1. The Labute approximate surface area is 183 Å². The quantitative estimate of drug-likeness (QED) is 0.518. The smallest absolute Gasteiger partial charge is 0.286 e. The molecule has 1 heterocycles. The predicted molar refractivity (Wildman–Crippen MR) is 117 cm³/mol. The molecular weight excluding hydrogens is 424 g/mol. The Hall–Kier alpha value is -2.97. The molecule has 2 amide bonds. The van der Waals surface area contributed by atoms with Crippen LogP contribution in [0.5, 0.6) is 5.75 Å². The Morgan fingerprint density at radius 2 is 1.97 bits per heavy atom. The van der Waals surface area contributed by atoms with Crippen LogP contribution in [0, 0.1) is 0 Å². The van der Waals surface area contributed by atoms with Crippen molar-refractivity contribution < 1.29 is 14.3 Å². The summed E-state index contributed by atoms with van der Waals surface area (Å²) in [6, 6.07) is 14.4. The number of benzene rings is 2. The van der Waals surface area contributed by atoms with Gasteiger partial charge in [-0.1, -0.05) is 41.1 Å². The SMILES string of the molecule is COc1cccc(CNC(=O)CCCc2nnc(C(=O)Nc3cccc(Cl)c3)s2)c1. The summed E-state index contributed by atoms with van der Waals surface area (Å²) in [4.78, 5) is 24.3. The average Bonchev–Trinajstić information content (AvgIpc) is 3.21. The second-order valence-corrected chi connectivity index (χ2v) is 7.95. The van der Waals surface area contributed by atoms with Crippen LogP contribution >= 0.6 is 22.9 Å². The molecule has 156 valence electrons. The van der Waals surface area contributed by atoms with Gasteiger partial charge in [0, 0.05) is 30.1 Å². The van der Waals surface area contributed by atoms with Crippen molar-refractivity contribution in [2.24, 2.45) is 0 Å². The Morgan fingerprint density at radius 3 is 2.77 bits per heavy atom. The second-order valence-electron chi connectivity index (χ2n) is 6.45. The van der Waals surface area contributed by atoms with E-state index in [9.17, 15) is 9.59 Å². The third-order valence-electron chi connectivity index (χ3n) is 4.16. The van der Waals surface area contributed by atoms with Gasteiger partial charge in [-0.2, -0.15) is 0 Å².